The lowest BCUT2D eigenvalue weighted by molar-refractivity contribution is -0.385. The zero-order valence-electron chi connectivity index (χ0n) is 13.5. The molecule has 0 aliphatic heterocycles. The normalized spacial score (nSPS) is 11.7. The third-order valence-electron chi connectivity index (χ3n) is 3.33. The van der Waals surface area contributed by atoms with E-state index in [9.17, 15) is 19.7 Å². The molecule has 126 valence electrons. The minimum atomic E-state index is -0.817. The molecule has 8 nitrogen and oxygen atoms in total. The number of nitrogens with zero attached hydrogens (tertiary/aromatic N) is 1. The van der Waals surface area contributed by atoms with Crippen molar-refractivity contribution in [2.45, 2.75) is 26.8 Å². The summed E-state index contributed by atoms with van der Waals surface area (Å²) in [6, 6.07) is 3.64. The predicted molar refractivity (Wildman–Crippen MR) is 82.4 cm³/mol. The number of benzene rings is 1. The highest BCUT2D eigenvalue weighted by Gasteiger charge is 2.20. The Bertz CT molecular complexity index is 600. The Kier molecular flexibility index (Phi) is 6.49. The van der Waals surface area contributed by atoms with Crippen LogP contribution in [0.4, 0.5) is 5.69 Å². The van der Waals surface area contributed by atoms with Crippen LogP contribution in [0.3, 0.4) is 0 Å². The second-order valence-corrected chi connectivity index (χ2v) is 5.32. The molecule has 0 saturated heterocycles. The van der Waals surface area contributed by atoms with E-state index in [1.807, 2.05) is 20.8 Å². The maximum atomic E-state index is 11.9. The average molecular weight is 324 g/mol. The number of esters is 1. The van der Waals surface area contributed by atoms with E-state index in [-0.39, 0.29) is 29.0 Å². The maximum Gasteiger partial charge on any atom is 0.338 e. The highest BCUT2D eigenvalue weighted by molar-refractivity contribution is 5.92. The van der Waals surface area contributed by atoms with Gasteiger partial charge in [-0.3, -0.25) is 14.9 Å². The minimum absolute atomic E-state index is 0.0257. The van der Waals surface area contributed by atoms with Crippen molar-refractivity contribution >= 4 is 17.6 Å². The number of amides is 1. The number of hydrogen-bond acceptors (Lipinski definition) is 6. The summed E-state index contributed by atoms with van der Waals surface area (Å²) in [5.41, 5.74) is -0.373. The summed E-state index contributed by atoms with van der Waals surface area (Å²) in [6.45, 7) is 5.30. The van der Waals surface area contributed by atoms with Crippen LogP contribution in [0, 0.1) is 16.0 Å². The molecule has 0 unspecified atom stereocenters. The number of carbonyl (C=O) groups is 2. The predicted octanol–water partition coefficient (Wildman–Crippen LogP) is 1.92. The lowest BCUT2D eigenvalue weighted by Crippen LogP contribution is -2.38. The molecule has 0 aromatic heterocycles. The minimum Gasteiger partial charge on any atom is -0.490 e. The Hall–Kier alpha value is -2.64. The zero-order valence-corrected chi connectivity index (χ0v) is 13.5. The Morgan fingerprint density at radius 2 is 1.96 bits per heavy atom. The van der Waals surface area contributed by atoms with Crippen molar-refractivity contribution in [1.29, 1.82) is 0 Å². The molecule has 1 rings (SSSR count). The monoisotopic (exact) mass is 324 g/mol. The van der Waals surface area contributed by atoms with E-state index in [2.05, 4.69) is 5.32 Å². The maximum absolute atomic E-state index is 11.9. The van der Waals surface area contributed by atoms with Gasteiger partial charge in [0.1, 0.15) is 0 Å². The van der Waals surface area contributed by atoms with Crippen LogP contribution < -0.4 is 10.1 Å². The van der Waals surface area contributed by atoms with Crippen molar-refractivity contribution in [3.8, 4) is 5.75 Å². The molecule has 0 saturated carbocycles. The Morgan fingerprint density at radius 3 is 2.48 bits per heavy atom. The largest absolute Gasteiger partial charge is 0.490 e. The van der Waals surface area contributed by atoms with Gasteiger partial charge >= 0.3 is 11.7 Å². The third-order valence-corrected chi connectivity index (χ3v) is 3.33. The fourth-order valence-electron chi connectivity index (χ4n) is 1.64. The van der Waals surface area contributed by atoms with Crippen molar-refractivity contribution in [2.75, 3.05) is 13.7 Å². The zero-order chi connectivity index (χ0) is 17.6. The molecule has 0 aliphatic carbocycles. The van der Waals surface area contributed by atoms with Gasteiger partial charge in [-0.05, 0) is 25.0 Å². The standard InChI is InChI=1S/C15H20N2O6/c1-9(2)10(3)16-14(18)8-23-15(19)11-5-6-13(22-4)12(7-11)17(20)21/h5-7,9-10H,8H2,1-4H3,(H,16,18)/t10-/m1/s1. The van der Waals surface area contributed by atoms with E-state index in [1.165, 1.54) is 19.2 Å². The van der Waals surface area contributed by atoms with E-state index in [0.29, 0.717) is 0 Å². The third kappa shape index (κ3) is 5.24. The van der Waals surface area contributed by atoms with Crippen LogP contribution in [0.5, 0.6) is 5.75 Å². The highest BCUT2D eigenvalue weighted by Crippen LogP contribution is 2.27. The van der Waals surface area contributed by atoms with E-state index < -0.39 is 23.4 Å². The van der Waals surface area contributed by atoms with Crippen molar-refractivity contribution in [2.24, 2.45) is 5.92 Å². The van der Waals surface area contributed by atoms with E-state index in [4.69, 9.17) is 9.47 Å². The van der Waals surface area contributed by atoms with Crippen LogP contribution in [-0.4, -0.2) is 36.6 Å². The summed E-state index contributed by atoms with van der Waals surface area (Å²) < 4.78 is 9.71. The van der Waals surface area contributed by atoms with Gasteiger partial charge in [0.05, 0.1) is 17.6 Å². The molecule has 8 heteroatoms. The summed E-state index contributed by atoms with van der Waals surface area (Å²) in [6.07, 6.45) is 0. The van der Waals surface area contributed by atoms with Gasteiger partial charge in [-0.25, -0.2) is 4.79 Å². The van der Waals surface area contributed by atoms with Gasteiger partial charge in [-0.1, -0.05) is 13.8 Å². The van der Waals surface area contributed by atoms with Crippen LogP contribution in [0.2, 0.25) is 0 Å². The molecule has 1 aromatic carbocycles. The van der Waals surface area contributed by atoms with Crippen molar-refractivity contribution in [3.05, 3.63) is 33.9 Å². The summed E-state index contributed by atoms with van der Waals surface area (Å²) >= 11 is 0. The summed E-state index contributed by atoms with van der Waals surface area (Å²) in [7, 11) is 1.29. The number of rotatable bonds is 7. The fraction of sp³-hybridized carbons (Fsp3) is 0.467. The van der Waals surface area contributed by atoms with Gasteiger partial charge in [-0.2, -0.15) is 0 Å². The van der Waals surface area contributed by atoms with E-state index >= 15 is 0 Å². The van der Waals surface area contributed by atoms with Gasteiger partial charge < -0.3 is 14.8 Å². The van der Waals surface area contributed by atoms with Gasteiger partial charge in [0, 0.05) is 12.1 Å². The van der Waals surface area contributed by atoms with Crippen LogP contribution in [0.15, 0.2) is 18.2 Å². The van der Waals surface area contributed by atoms with Crippen LogP contribution >= 0.6 is 0 Å². The van der Waals surface area contributed by atoms with Crippen molar-refractivity contribution < 1.29 is 24.0 Å². The molecule has 0 radical (unpaired) electrons. The number of nitrogens with one attached hydrogen (secondary N) is 1. The first-order valence-corrected chi connectivity index (χ1v) is 7.05. The molecule has 1 N–H and O–H groups in total. The summed E-state index contributed by atoms with van der Waals surface area (Å²) in [4.78, 5) is 33.8. The van der Waals surface area contributed by atoms with Gasteiger partial charge in [0.2, 0.25) is 0 Å². The molecule has 0 fully saturated rings. The fourth-order valence-corrected chi connectivity index (χ4v) is 1.64. The number of nitro groups is 1. The topological polar surface area (TPSA) is 108 Å². The molecule has 0 spiro atoms. The summed E-state index contributed by atoms with van der Waals surface area (Å²) in [5.74, 6) is -0.959. The molecule has 0 heterocycles. The van der Waals surface area contributed by atoms with Crippen LogP contribution in [-0.2, 0) is 9.53 Å². The number of ether oxygens (including phenoxy) is 2. The molecule has 0 bridgehead atoms. The molecule has 23 heavy (non-hydrogen) atoms. The quantitative estimate of drug-likeness (QED) is 0.466. The summed E-state index contributed by atoms with van der Waals surface area (Å²) in [5, 5.41) is 13.6. The number of nitro benzene ring substituents is 1. The number of hydrogen-bond donors (Lipinski definition) is 1. The molecular formula is C15H20N2O6. The van der Waals surface area contributed by atoms with Crippen LogP contribution in [0.1, 0.15) is 31.1 Å². The highest BCUT2D eigenvalue weighted by atomic mass is 16.6. The second-order valence-electron chi connectivity index (χ2n) is 5.32. The lowest BCUT2D eigenvalue weighted by atomic mass is 10.1. The first-order valence-electron chi connectivity index (χ1n) is 7.05. The number of carbonyl (C=O) groups excluding carboxylic acids is 2. The van der Waals surface area contributed by atoms with Gasteiger partial charge in [0.25, 0.3) is 5.91 Å². The van der Waals surface area contributed by atoms with E-state index in [0.717, 1.165) is 6.07 Å². The second kappa shape index (κ2) is 8.11. The number of methoxy groups -OCH3 is 1. The first-order chi connectivity index (χ1) is 10.8. The Labute approximate surface area is 133 Å². The first kappa shape index (κ1) is 18.4. The molecule has 1 amide bonds. The van der Waals surface area contributed by atoms with Gasteiger partial charge in [0.15, 0.2) is 12.4 Å². The lowest BCUT2D eigenvalue weighted by Gasteiger charge is -2.17. The molecular weight excluding hydrogens is 304 g/mol. The molecule has 1 atom stereocenters. The SMILES string of the molecule is COc1ccc(C(=O)OCC(=O)N[C@H](C)C(C)C)cc1[N+](=O)[O-]. The van der Waals surface area contributed by atoms with Crippen LogP contribution in [0.25, 0.3) is 0 Å². The Morgan fingerprint density at radius 1 is 1.30 bits per heavy atom. The molecule has 1 aromatic rings. The molecule has 0 aliphatic rings. The van der Waals surface area contributed by atoms with E-state index in [1.54, 1.807) is 0 Å². The van der Waals surface area contributed by atoms with Crippen molar-refractivity contribution in [1.82, 2.24) is 5.32 Å². The van der Waals surface area contributed by atoms with Gasteiger partial charge in [-0.15, -0.1) is 0 Å². The van der Waals surface area contributed by atoms with Crippen molar-refractivity contribution in [3.63, 3.8) is 0 Å². The smallest absolute Gasteiger partial charge is 0.338 e. The Balaban J connectivity index is 2.70. The average Bonchev–Trinajstić information content (AvgIpc) is 2.51.